The molecule has 19 heavy (non-hydrogen) atoms. The summed E-state index contributed by atoms with van der Waals surface area (Å²) in [5, 5.41) is 8.60. The molecule has 0 bridgehead atoms. The Kier molecular flexibility index (Phi) is 3.51. The number of hydrogen-bond acceptors (Lipinski definition) is 2. The van der Waals surface area contributed by atoms with Gasteiger partial charge in [-0.15, -0.1) is 0 Å². The van der Waals surface area contributed by atoms with Gasteiger partial charge in [-0.1, -0.05) is 0 Å². The molecule has 0 radical (unpaired) electrons. The number of aryl methyl sites for hydroxylation is 2. The fourth-order valence-electron chi connectivity index (χ4n) is 2.11. The SMILES string of the molecule is Cc1ccc(C)n1-c1ccc(C(=O)CC(=O)O)cc1. The average Bonchev–Trinajstić information content (AvgIpc) is 2.68. The molecule has 4 heteroatoms. The fourth-order valence-corrected chi connectivity index (χ4v) is 2.11. The number of ketones is 1. The van der Waals surface area contributed by atoms with Gasteiger partial charge in [0.25, 0.3) is 0 Å². The van der Waals surface area contributed by atoms with Crippen LogP contribution in [0, 0.1) is 13.8 Å². The van der Waals surface area contributed by atoms with Crippen LogP contribution in [0.5, 0.6) is 0 Å². The number of carbonyl (C=O) groups excluding carboxylic acids is 1. The molecule has 0 aliphatic heterocycles. The summed E-state index contributed by atoms with van der Waals surface area (Å²) in [4.78, 5) is 22.1. The maximum absolute atomic E-state index is 11.6. The zero-order valence-corrected chi connectivity index (χ0v) is 10.9. The molecule has 0 aliphatic carbocycles. The van der Waals surface area contributed by atoms with Crippen LogP contribution < -0.4 is 0 Å². The van der Waals surface area contributed by atoms with Gasteiger partial charge in [0.05, 0.1) is 0 Å². The predicted octanol–water partition coefficient (Wildman–Crippen LogP) is 2.75. The van der Waals surface area contributed by atoms with Crippen LogP contribution in [-0.4, -0.2) is 21.4 Å². The van der Waals surface area contributed by atoms with Gasteiger partial charge in [0.2, 0.25) is 0 Å². The molecule has 0 spiro atoms. The molecular formula is C15H15NO3. The highest BCUT2D eigenvalue weighted by molar-refractivity contribution is 6.05. The molecule has 0 saturated heterocycles. The van der Waals surface area contributed by atoms with Gasteiger partial charge >= 0.3 is 5.97 Å². The lowest BCUT2D eigenvalue weighted by Crippen LogP contribution is -2.07. The Balaban J connectivity index is 2.29. The topological polar surface area (TPSA) is 59.3 Å². The number of benzene rings is 1. The number of Topliss-reactive ketones (excluding diaryl/α,β-unsaturated/α-hetero) is 1. The van der Waals surface area contributed by atoms with E-state index < -0.39 is 12.4 Å². The van der Waals surface area contributed by atoms with E-state index in [4.69, 9.17) is 5.11 Å². The Labute approximate surface area is 111 Å². The molecule has 0 amide bonds. The summed E-state index contributed by atoms with van der Waals surface area (Å²) in [5.74, 6) is -1.48. The Bertz CT molecular complexity index is 604. The van der Waals surface area contributed by atoms with Gasteiger partial charge < -0.3 is 9.67 Å². The number of nitrogens with zero attached hydrogens (tertiary/aromatic N) is 1. The second kappa shape index (κ2) is 5.10. The first-order valence-electron chi connectivity index (χ1n) is 5.99. The van der Waals surface area contributed by atoms with E-state index in [2.05, 4.69) is 4.57 Å². The van der Waals surface area contributed by atoms with Crippen LogP contribution in [0.2, 0.25) is 0 Å². The summed E-state index contributed by atoms with van der Waals surface area (Å²) in [6.45, 7) is 4.02. The van der Waals surface area contributed by atoms with Crippen LogP contribution in [0.4, 0.5) is 0 Å². The highest BCUT2D eigenvalue weighted by Gasteiger charge is 2.11. The number of carboxylic acids is 1. The molecule has 4 nitrogen and oxygen atoms in total. The third-order valence-corrected chi connectivity index (χ3v) is 3.03. The Morgan fingerprint density at radius 2 is 1.53 bits per heavy atom. The molecule has 0 saturated carbocycles. The molecule has 1 aromatic carbocycles. The van der Waals surface area contributed by atoms with Crippen LogP contribution in [0.1, 0.15) is 28.2 Å². The first kappa shape index (κ1) is 13.1. The van der Waals surface area contributed by atoms with E-state index in [0.717, 1.165) is 17.1 Å². The third-order valence-electron chi connectivity index (χ3n) is 3.03. The van der Waals surface area contributed by atoms with E-state index in [1.54, 1.807) is 12.1 Å². The van der Waals surface area contributed by atoms with Gasteiger partial charge in [-0.3, -0.25) is 9.59 Å². The summed E-state index contributed by atoms with van der Waals surface area (Å²) in [7, 11) is 0. The highest BCUT2D eigenvalue weighted by Crippen LogP contribution is 2.17. The normalized spacial score (nSPS) is 10.4. The molecule has 2 aromatic rings. The van der Waals surface area contributed by atoms with E-state index in [1.807, 2.05) is 38.1 Å². The zero-order chi connectivity index (χ0) is 14.0. The minimum Gasteiger partial charge on any atom is -0.481 e. The second-order valence-electron chi connectivity index (χ2n) is 4.49. The molecule has 98 valence electrons. The summed E-state index contributed by atoms with van der Waals surface area (Å²) in [5.41, 5.74) is 3.62. The van der Waals surface area contributed by atoms with Crippen LogP contribution in [-0.2, 0) is 4.79 Å². The van der Waals surface area contributed by atoms with Crippen molar-refractivity contribution in [2.24, 2.45) is 0 Å². The molecule has 0 fully saturated rings. The van der Waals surface area contributed by atoms with E-state index in [1.165, 1.54) is 0 Å². The van der Waals surface area contributed by atoms with Crippen molar-refractivity contribution in [2.45, 2.75) is 20.3 Å². The van der Waals surface area contributed by atoms with E-state index in [9.17, 15) is 9.59 Å². The van der Waals surface area contributed by atoms with Crippen molar-refractivity contribution < 1.29 is 14.7 Å². The molecule has 1 heterocycles. The van der Waals surface area contributed by atoms with E-state index in [-0.39, 0.29) is 5.78 Å². The number of hydrogen-bond donors (Lipinski definition) is 1. The summed E-state index contributed by atoms with van der Waals surface area (Å²) in [6, 6.07) is 11.0. The number of carbonyl (C=O) groups is 2. The Morgan fingerprint density at radius 3 is 2.00 bits per heavy atom. The molecule has 1 aromatic heterocycles. The average molecular weight is 257 g/mol. The zero-order valence-electron chi connectivity index (χ0n) is 10.9. The second-order valence-corrected chi connectivity index (χ2v) is 4.49. The first-order chi connectivity index (χ1) is 8.99. The maximum Gasteiger partial charge on any atom is 0.311 e. The van der Waals surface area contributed by atoms with Crippen LogP contribution >= 0.6 is 0 Å². The Hall–Kier alpha value is -2.36. The summed E-state index contributed by atoms with van der Waals surface area (Å²) < 4.78 is 2.07. The summed E-state index contributed by atoms with van der Waals surface area (Å²) >= 11 is 0. The van der Waals surface area contributed by atoms with Crippen LogP contribution in [0.3, 0.4) is 0 Å². The van der Waals surface area contributed by atoms with Crippen LogP contribution in [0.15, 0.2) is 36.4 Å². The van der Waals surface area contributed by atoms with Gasteiger partial charge in [0.1, 0.15) is 6.42 Å². The van der Waals surface area contributed by atoms with Crippen LogP contribution in [0.25, 0.3) is 5.69 Å². The lowest BCUT2D eigenvalue weighted by atomic mass is 10.1. The minimum absolute atomic E-state index is 0.375. The van der Waals surface area contributed by atoms with Gasteiger partial charge in [-0.25, -0.2) is 0 Å². The first-order valence-corrected chi connectivity index (χ1v) is 5.99. The molecular weight excluding hydrogens is 242 g/mol. The van der Waals surface area contributed by atoms with Crippen molar-refractivity contribution in [2.75, 3.05) is 0 Å². The van der Waals surface area contributed by atoms with Crippen molar-refractivity contribution in [3.63, 3.8) is 0 Å². The van der Waals surface area contributed by atoms with Gasteiger partial charge in [-0.05, 0) is 50.2 Å². The molecule has 2 rings (SSSR count). The smallest absolute Gasteiger partial charge is 0.311 e. The fraction of sp³-hybridized carbons (Fsp3) is 0.200. The van der Waals surface area contributed by atoms with Crippen molar-refractivity contribution in [3.05, 3.63) is 53.3 Å². The lowest BCUT2D eigenvalue weighted by molar-refractivity contribution is -0.135. The third kappa shape index (κ3) is 2.73. The van der Waals surface area contributed by atoms with Crippen molar-refractivity contribution in [3.8, 4) is 5.69 Å². The molecule has 0 unspecified atom stereocenters. The van der Waals surface area contributed by atoms with Crippen molar-refractivity contribution in [1.29, 1.82) is 0 Å². The molecule has 0 aliphatic rings. The number of rotatable bonds is 4. The van der Waals surface area contributed by atoms with Gasteiger partial charge in [-0.2, -0.15) is 0 Å². The monoisotopic (exact) mass is 257 g/mol. The van der Waals surface area contributed by atoms with Gasteiger partial charge in [0, 0.05) is 22.6 Å². The largest absolute Gasteiger partial charge is 0.481 e. The lowest BCUT2D eigenvalue weighted by Gasteiger charge is -2.09. The Morgan fingerprint density at radius 1 is 1.00 bits per heavy atom. The molecule has 1 N–H and O–H groups in total. The van der Waals surface area contributed by atoms with Gasteiger partial charge in [0.15, 0.2) is 5.78 Å². The van der Waals surface area contributed by atoms with E-state index in [0.29, 0.717) is 5.56 Å². The minimum atomic E-state index is -1.11. The highest BCUT2D eigenvalue weighted by atomic mass is 16.4. The summed E-state index contributed by atoms with van der Waals surface area (Å²) in [6.07, 6.45) is -0.471. The number of carboxylic acid groups (broad SMARTS) is 1. The number of aromatic nitrogens is 1. The quantitative estimate of drug-likeness (QED) is 0.676. The van der Waals surface area contributed by atoms with Crippen molar-refractivity contribution in [1.82, 2.24) is 4.57 Å². The predicted molar refractivity (Wildman–Crippen MR) is 71.8 cm³/mol. The maximum atomic E-state index is 11.6. The standard InChI is InChI=1S/C15H15NO3/c1-10-3-4-11(2)16(10)13-7-5-12(6-8-13)14(17)9-15(18)19/h3-8H,9H2,1-2H3,(H,18,19). The van der Waals surface area contributed by atoms with E-state index >= 15 is 0 Å². The number of aliphatic carboxylic acids is 1. The van der Waals surface area contributed by atoms with Crippen molar-refractivity contribution >= 4 is 11.8 Å². The molecule has 0 atom stereocenters.